The SMILES string of the molecule is CC(C)c1cnn2c(Nc3ccc(SNCCN(C)C)cc3)cc(Cl)nc12. The maximum atomic E-state index is 6.23. The van der Waals surface area contributed by atoms with Gasteiger partial charge in [0, 0.05) is 35.3 Å². The van der Waals surface area contributed by atoms with E-state index in [1.807, 2.05) is 18.3 Å². The fourth-order valence-corrected chi connectivity index (χ4v) is 3.42. The summed E-state index contributed by atoms with van der Waals surface area (Å²) >= 11 is 7.87. The van der Waals surface area contributed by atoms with Crippen molar-refractivity contribution in [1.29, 1.82) is 0 Å². The number of halogens is 1. The van der Waals surface area contributed by atoms with Crippen LogP contribution in [0, 0.1) is 0 Å². The summed E-state index contributed by atoms with van der Waals surface area (Å²) < 4.78 is 5.16. The molecule has 6 nitrogen and oxygen atoms in total. The molecule has 1 aromatic carbocycles. The van der Waals surface area contributed by atoms with Gasteiger partial charge in [0.2, 0.25) is 0 Å². The van der Waals surface area contributed by atoms with Crippen LogP contribution in [0.4, 0.5) is 11.5 Å². The number of hydrogen-bond donors (Lipinski definition) is 2. The lowest BCUT2D eigenvalue weighted by molar-refractivity contribution is 0.415. The highest BCUT2D eigenvalue weighted by Gasteiger charge is 2.13. The summed E-state index contributed by atoms with van der Waals surface area (Å²) in [4.78, 5) is 7.76. The Labute approximate surface area is 169 Å². The van der Waals surface area contributed by atoms with Crippen LogP contribution in [0.3, 0.4) is 0 Å². The first-order valence-electron chi connectivity index (χ1n) is 8.89. The molecular formula is C19H25ClN6S. The molecule has 144 valence electrons. The molecule has 0 amide bonds. The molecule has 0 atom stereocenters. The second-order valence-electron chi connectivity index (χ2n) is 6.90. The molecular weight excluding hydrogens is 380 g/mol. The molecule has 8 heteroatoms. The van der Waals surface area contributed by atoms with Crippen molar-refractivity contribution in [3.05, 3.63) is 47.2 Å². The molecule has 0 aliphatic carbocycles. The number of likely N-dealkylation sites (N-methyl/N-ethyl adjacent to an activating group) is 1. The van der Waals surface area contributed by atoms with Gasteiger partial charge in [-0.3, -0.25) is 4.72 Å². The van der Waals surface area contributed by atoms with Gasteiger partial charge in [-0.2, -0.15) is 9.61 Å². The third kappa shape index (κ3) is 5.13. The van der Waals surface area contributed by atoms with E-state index >= 15 is 0 Å². The standard InChI is InChI=1S/C19H25ClN6S/c1-13(2)16-12-21-26-18(11-17(20)24-19(16)26)23-14-5-7-15(8-6-14)27-22-9-10-25(3)4/h5-8,11-13,22-23H,9-10H2,1-4H3. The van der Waals surface area contributed by atoms with E-state index in [2.05, 4.69) is 65.1 Å². The first-order chi connectivity index (χ1) is 12.9. The van der Waals surface area contributed by atoms with Crippen molar-refractivity contribution in [3.63, 3.8) is 0 Å². The van der Waals surface area contributed by atoms with Crippen LogP contribution >= 0.6 is 23.5 Å². The topological polar surface area (TPSA) is 57.5 Å². The first-order valence-corrected chi connectivity index (χ1v) is 10.1. The first kappa shape index (κ1) is 19.9. The Hall–Kier alpha value is -1.80. The molecule has 0 spiro atoms. The van der Waals surface area contributed by atoms with Crippen molar-refractivity contribution in [1.82, 2.24) is 24.2 Å². The molecule has 2 N–H and O–H groups in total. The summed E-state index contributed by atoms with van der Waals surface area (Å²) in [5, 5.41) is 8.31. The van der Waals surface area contributed by atoms with Crippen molar-refractivity contribution in [2.24, 2.45) is 0 Å². The van der Waals surface area contributed by atoms with Crippen molar-refractivity contribution < 1.29 is 0 Å². The predicted molar refractivity (Wildman–Crippen MR) is 114 cm³/mol. The Bertz CT molecular complexity index is 891. The number of hydrogen-bond acceptors (Lipinski definition) is 6. The maximum Gasteiger partial charge on any atom is 0.162 e. The van der Waals surface area contributed by atoms with E-state index < -0.39 is 0 Å². The van der Waals surface area contributed by atoms with Gasteiger partial charge in [0.1, 0.15) is 11.0 Å². The van der Waals surface area contributed by atoms with Crippen LogP contribution in [-0.2, 0) is 0 Å². The Morgan fingerprint density at radius 3 is 2.63 bits per heavy atom. The fraction of sp³-hybridized carbons (Fsp3) is 0.368. The molecule has 0 aliphatic rings. The van der Waals surface area contributed by atoms with Crippen molar-refractivity contribution in [2.45, 2.75) is 24.7 Å². The molecule has 2 aromatic heterocycles. The molecule has 0 unspecified atom stereocenters. The number of benzene rings is 1. The normalized spacial score (nSPS) is 11.7. The van der Waals surface area contributed by atoms with E-state index in [1.165, 1.54) is 4.90 Å². The Morgan fingerprint density at radius 2 is 1.96 bits per heavy atom. The van der Waals surface area contributed by atoms with Crippen LogP contribution in [0.25, 0.3) is 5.65 Å². The number of fused-ring (bicyclic) bond motifs is 1. The largest absolute Gasteiger partial charge is 0.340 e. The van der Waals surface area contributed by atoms with Crippen LogP contribution in [0.2, 0.25) is 5.15 Å². The highest BCUT2D eigenvalue weighted by atomic mass is 35.5. The quantitative estimate of drug-likeness (QED) is 0.329. The van der Waals surface area contributed by atoms with Crippen molar-refractivity contribution >= 4 is 40.7 Å². The molecule has 0 bridgehead atoms. The molecule has 3 rings (SSSR count). The van der Waals surface area contributed by atoms with Gasteiger partial charge < -0.3 is 10.2 Å². The van der Waals surface area contributed by atoms with Gasteiger partial charge in [-0.15, -0.1) is 0 Å². The molecule has 0 fully saturated rings. The second-order valence-corrected chi connectivity index (χ2v) is 8.25. The summed E-state index contributed by atoms with van der Waals surface area (Å²) in [6.45, 7) is 6.18. The van der Waals surface area contributed by atoms with Gasteiger partial charge in [-0.1, -0.05) is 25.4 Å². The number of aromatic nitrogens is 3. The average molecular weight is 405 g/mol. The molecule has 0 aliphatic heterocycles. The smallest absolute Gasteiger partial charge is 0.162 e. The Morgan fingerprint density at radius 1 is 1.22 bits per heavy atom. The fourth-order valence-electron chi connectivity index (χ4n) is 2.60. The number of anilines is 2. The van der Waals surface area contributed by atoms with Crippen LogP contribution < -0.4 is 10.0 Å². The van der Waals surface area contributed by atoms with Gasteiger partial charge in [-0.25, -0.2) is 4.98 Å². The predicted octanol–water partition coefficient (Wildman–Crippen LogP) is 4.41. The summed E-state index contributed by atoms with van der Waals surface area (Å²) in [7, 11) is 4.14. The minimum Gasteiger partial charge on any atom is -0.340 e. The zero-order valence-electron chi connectivity index (χ0n) is 16.0. The minimum atomic E-state index is 0.331. The van der Waals surface area contributed by atoms with E-state index in [4.69, 9.17) is 11.6 Å². The van der Waals surface area contributed by atoms with Gasteiger partial charge in [0.25, 0.3) is 0 Å². The van der Waals surface area contributed by atoms with Crippen LogP contribution in [0.5, 0.6) is 0 Å². The average Bonchev–Trinajstić information content (AvgIpc) is 3.04. The minimum absolute atomic E-state index is 0.331. The summed E-state index contributed by atoms with van der Waals surface area (Å²) in [5.74, 6) is 1.12. The summed E-state index contributed by atoms with van der Waals surface area (Å²) in [5.41, 5.74) is 2.84. The van der Waals surface area contributed by atoms with Crippen LogP contribution in [-0.4, -0.2) is 46.7 Å². The molecule has 0 radical (unpaired) electrons. The van der Waals surface area contributed by atoms with Crippen LogP contribution in [0.15, 0.2) is 41.4 Å². The lowest BCUT2D eigenvalue weighted by atomic mass is 10.1. The Balaban J connectivity index is 1.72. The zero-order chi connectivity index (χ0) is 19.4. The monoisotopic (exact) mass is 404 g/mol. The third-order valence-electron chi connectivity index (χ3n) is 4.07. The molecule has 0 saturated carbocycles. The number of nitrogens with one attached hydrogen (secondary N) is 2. The van der Waals surface area contributed by atoms with Crippen LogP contribution in [0.1, 0.15) is 25.3 Å². The van der Waals surface area contributed by atoms with Gasteiger partial charge in [0.05, 0.1) is 6.20 Å². The van der Waals surface area contributed by atoms with Gasteiger partial charge >= 0.3 is 0 Å². The summed E-state index contributed by atoms with van der Waals surface area (Å²) in [6, 6.07) is 10.0. The maximum absolute atomic E-state index is 6.23. The van der Waals surface area contributed by atoms with Gasteiger partial charge in [0.15, 0.2) is 5.65 Å². The second kappa shape index (κ2) is 8.93. The van der Waals surface area contributed by atoms with Crippen molar-refractivity contribution in [2.75, 3.05) is 32.5 Å². The van der Waals surface area contributed by atoms with E-state index in [0.29, 0.717) is 11.1 Å². The summed E-state index contributed by atoms with van der Waals surface area (Å²) in [6.07, 6.45) is 1.85. The van der Waals surface area contributed by atoms with E-state index in [1.54, 1.807) is 22.5 Å². The highest BCUT2D eigenvalue weighted by Crippen LogP contribution is 2.26. The number of nitrogens with zero attached hydrogens (tertiary/aromatic N) is 4. The molecule has 0 saturated heterocycles. The molecule has 3 aromatic rings. The highest BCUT2D eigenvalue weighted by molar-refractivity contribution is 7.97. The molecule has 2 heterocycles. The molecule has 27 heavy (non-hydrogen) atoms. The van der Waals surface area contributed by atoms with E-state index in [0.717, 1.165) is 35.8 Å². The Kier molecular flexibility index (Phi) is 6.59. The zero-order valence-corrected chi connectivity index (χ0v) is 17.6. The lowest BCUT2D eigenvalue weighted by Gasteiger charge is -2.11. The van der Waals surface area contributed by atoms with E-state index in [-0.39, 0.29) is 0 Å². The van der Waals surface area contributed by atoms with E-state index in [9.17, 15) is 0 Å². The van der Waals surface area contributed by atoms with Crippen molar-refractivity contribution in [3.8, 4) is 0 Å². The third-order valence-corrected chi connectivity index (χ3v) is 5.12. The lowest BCUT2D eigenvalue weighted by Crippen LogP contribution is -2.22. The number of rotatable bonds is 8. The van der Waals surface area contributed by atoms with Gasteiger partial charge in [-0.05, 0) is 56.2 Å².